The van der Waals surface area contributed by atoms with Crippen LogP contribution < -0.4 is 20.1 Å². The molecule has 0 atom stereocenters. The van der Waals surface area contributed by atoms with E-state index in [4.69, 9.17) is 4.74 Å². The highest BCUT2D eigenvalue weighted by molar-refractivity contribution is 7.89. The Hall–Kier alpha value is -2.84. The number of hydrogen-bond donors (Lipinski definition) is 3. The van der Waals surface area contributed by atoms with Gasteiger partial charge in [0.25, 0.3) is 0 Å². The molecule has 0 amide bonds. The van der Waals surface area contributed by atoms with Crippen molar-refractivity contribution in [2.45, 2.75) is 44.3 Å². The van der Waals surface area contributed by atoms with Crippen LogP contribution in [0.3, 0.4) is 0 Å². The molecule has 0 heterocycles. The van der Waals surface area contributed by atoms with E-state index in [-0.39, 0.29) is 4.90 Å². The van der Waals surface area contributed by atoms with Crippen molar-refractivity contribution in [3.63, 3.8) is 0 Å². The number of benzene rings is 2. The maximum absolute atomic E-state index is 12.8. The third-order valence-electron chi connectivity index (χ3n) is 4.15. The smallest absolute Gasteiger partial charge is 0.241 e. The second-order valence-corrected chi connectivity index (χ2v) is 9.60. The highest BCUT2D eigenvalue weighted by Crippen LogP contribution is 2.19. The van der Waals surface area contributed by atoms with Crippen molar-refractivity contribution >= 4 is 16.0 Å². The molecule has 2 rings (SSSR count). The van der Waals surface area contributed by atoms with Crippen LogP contribution in [-0.4, -0.2) is 33.6 Å². The van der Waals surface area contributed by atoms with Gasteiger partial charge in [-0.15, -0.1) is 0 Å². The summed E-state index contributed by atoms with van der Waals surface area (Å²) in [6, 6.07) is 14.7. The summed E-state index contributed by atoms with van der Waals surface area (Å²) < 4.78 is 34.0. The lowest BCUT2D eigenvalue weighted by molar-refractivity contribution is 0.358. The van der Waals surface area contributed by atoms with Crippen LogP contribution >= 0.6 is 0 Å². The van der Waals surface area contributed by atoms with Gasteiger partial charge < -0.3 is 15.4 Å². The Morgan fingerprint density at radius 3 is 2.23 bits per heavy atom. The molecular formula is C23H32N4O3S. The zero-order valence-electron chi connectivity index (χ0n) is 18.6. The maximum atomic E-state index is 12.8. The van der Waals surface area contributed by atoms with Gasteiger partial charge in [0.15, 0.2) is 5.96 Å². The average molecular weight is 445 g/mol. The molecule has 0 saturated heterocycles. The zero-order valence-corrected chi connectivity index (χ0v) is 19.4. The Bertz CT molecular complexity index is 1010. The van der Waals surface area contributed by atoms with Crippen molar-refractivity contribution in [2.24, 2.45) is 4.99 Å². The van der Waals surface area contributed by atoms with Crippen molar-refractivity contribution in [1.29, 1.82) is 0 Å². The molecule has 0 spiro atoms. The molecule has 0 aliphatic carbocycles. The Morgan fingerprint density at radius 1 is 1.03 bits per heavy atom. The summed E-state index contributed by atoms with van der Waals surface area (Å²) in [7, 11) is -1.98. The van der Waals surface area contributed by atoms with E-state index < -0.39 is 15.6 Å². The maximum Gasteiger partial charge on any atom is 0.241 e. The number of rotatable bonds is 9. The van der Waals surface area contributed by atoms with Crippen molar-refractivity contribution in [1.82, 2.24) is 15.4 Å². The van der Waals surface area contributed by atoms with Crippen molar-refractivity contribution < 1.29 is 13.2 Å². The van der Waals surface area contributed by atoms with Gasteiger partial charge in [0.05, 0.1) is 4.90 Å². The molecule has 0 unspecified atom stereocenters. The van der Waals surface area contributed by atoms with Gasteiger partial charge in [0.1, 0.15) is 12.4 Å². The van der Waals surface area contributed by atoms with Crippen LogP contribution in [0, 0.1) is 0 Å². The molecule has 0 aliphatic heterocycles. The molecule has 8 heteroatoms. The predicted octanol–water partition coefficient (Wildman–Crippen LogP) is 3.19. The highest BCUT2D eigenvalue weighted by Gasteiger charge is 2.24. The lowest BCUT2D eigenvalue weighted by Crippen LogP contribution is -2.41. The fourth-order valence-electron chi connectivity index (χ4n) is 2.89. The predicted molar refractivity (Wildman–Crippen MR) is 126 cm³/mol. The van der Waals surface area contributed by atoms with Gasteiger partial charge in [-0.1, -0.05) is 49.1 Å². The zero-order chi connectivity index (χ0) is 22.9. The van der Waals surface area contributed by atoms with Crippen LogP contribution in [0.2, 0.25) is 0 Å². The molecule has 0 aliphatic rings. The summed E-state index contributed by atoms with van der Waals surface area (Å²) >= 11 is 0. The number of aliphatic imine (C=N–C) groups is 1. The van der Waals surface area contributed by atoms with E-state index >= 15 is 0 Å². The summed E-state index contributed by atoms with van der Waals surface area (Å²) in [5.41, 5.74) is 1.06. The number of para-hydroxylation sites is 1. The largest absolute Gasteiger partial charge is 0.489 e. The summed E-state index contributed by atoms with van der Waals surface area (Å²) in [6.45, 7) is 10.3. The standard InChI is InChI=1S/C23H32N4O3S/c1-6-15-30-20-13-9-7-11-18(20)16-25-22(24-5)26-17-19-12-8-10-14-21(19)31(28,29)27-23(2,3)4/h6-14,27H,1,15-17H2,2-5H3,(H2,24,25,26). The van der Waals surface area contributed by atoms with Crippen molar-refractivity contribution in [2.75, 3.05) is 13.7 Å². The van der Waals surface area contributed by atoms with E-state index in [0.29, 0.717) is 31.2 Å². The topological polar surface area (TPSA) is 91.8 Å². The second kappa shape index (κ2) is 11.0. The van der Waals surface area contributed by atoms with E-state index in [1.807, 2.05) is 51.1 Å². The minimum Gasteiger partial charge on any atom is -0.489 e. The molecule has 31 heavy (non-hydrogen) atoms. The van der Waals surface area contributed by atoms with E-state index in [9.17, 15) is 8.42 Å². The lowest BCUT2D eigenvalue weighted by Gasteiger charge is -2.22. The van der Waals surface area contributed by atoms with Gasteiger partial charge in [-0.05, 0) is 38.5 Å². The van der Waals surface area contributed by atoms with E-state index in [1.165, 1.54) is 0 Å². The molecule has 0 fully saturated rings. The van der Waals surface area contributed by atoms with Gasteiger partial charge in [-0.3, -0.25) is 4.99 Å². The molecule has 0 bridgehead atoms. The molecule has 168 valence electrons. The van der Waals surface area contributed by atoms with E-state index in [0.717, 1.165) is 11.3 Å². The number of nitrogens with zero attached hydrogens (tertiary/aromatic N) is 1. The third kappa shape index (κ3) is 7.73. The molecule has 2 aromatic carbocycles. The first-order valence-electron chi connectivity index (χ1n) is 10.0. The van der Waals surface area contributed by atoms with Crippen molar-refractivity contribution in [3.05, 3.63) is 72.3 Å². The second-order valence-electron chi connectivity index (χ2n) is 7.95. The Labute approximate surface area is 185 Å². The molecule has 0 saturated carbocycles. The molecule has 0 radical (unpaired) electrons. The fourth-order valence-corrected chi connectivity index (χ4v) is 4.55. The van der Waals surface area contributed by atoms with Gasteiger partial charge in [-0.25, -0.2) is 13.1 Å². The van der Waals surface area contributed by atoms with Crippen LogP contribution in [0.4, 0.5) is 0 Å². The summed E-state index contributed by atoms with van der Waals surface area (Å²) in [5, 5.41) is 6.42. The minimum absolute atomic E-state index is 0.246. The molecule has 0 aromatic heterocycles. The minimum atomic E-state index is -3.65. The number of sulfonamides is 1. The first-order valence-corrected chi connectivity index (χ1v) is 11.5. The number of hydrogen-bond acceptors (Lipinski definition) is 4. The SMILES string of the molecule is C=CCOc1ccccc1CNC(=NC)NCc1ccccc1S(=O)(=O)NC(C)(C)C. The van der Waals surface area contributed by atoms with Crippen LogP contribution in [0.5, 0.6) is 5.75 Å². The van der Waals surface area contributed by atoms with E-state index in [1.54, 1.807) is 31.3 Å². The number of guanidine groups is 1. The Morgan fingerprint density at radius 2 is 1.61 bits per heavy atom. The molecule has 7 nitrogen and oxygen atoms in total. The number of nitrogens with one attached hydrogen (secondary N) is 3. The Balaban J connectivity index is 2.07. The van der Waals surface area contributed by atoms with Crippen LogP contribution in [0.1, 0.15) is 31.9 Å². The van der Waals surface area contributed by atoms with Crippen LogP contribution in [0.15, 0.2) is 71.1 Å². The molecule has 3 N–H and O–H groups in total. The van der Waals surface area contributed by atoms with Crippen molar-refractivity contribution in [3.8, 4) is 5.75 Å². The Kier molecular flexibility index (Phi) is 8.65. The summed E-state index contributed by atoms with van der Waals surface area (Å²) in [4.78, 5) is 4.48. The van der Waals surface area contributed by atoms with Gasteiger partial charge in [0.2, 0.25) is 10.0 Å². The van der Waals surface area contributed by atoms with Gasteiger partial charge in [-0.2, -0.15) is 0 Å². The first kappa shape index (κ1) is 24.4. The molecular weight excluding hydrogens is 412 g/mol. The summed E-state index contributed by atoms with van der Waals surface area (Å²) in [5.74, 6) is 1.32. The van der Waals surface area contributed by atoms with Gasteiger partial charge in [0, 0.05) is 31.2 Å². The molecule has 2 aromatic rings. The highest BCUT2D eigenvalue weighted by atomic mass is 32.2. The van der Waals surface area contributed by atoms with Crippen LogP contribution in [-0.2, 0) is 23.1 Å². The normalized spacial score (nSPS) is 12.3. The monoisotopic (exact) mass is 444 g/mol. The van der Waals surface area contributed by atoms with Gasteiger partial charge >= 0.3 is 0 Å². The third-order valence-corrected chi connectivity index (χ3v) is 6.01. The summed E-state index contributed by atoms with van der Waals surface area (Å²) in [6.07, 6.45) is 1.70. The quantitative estimate of drug-likeness (QED) is 0.314. The lowest BCUT2D eigenvalue weighted by atomic mass is 10.1. The van der Waals surface area contributed by atoms with E-state index in [2.05, 4.69) is 26.9 Å². The fraction of sp³-hybridized carbons (Fsp3) is 0.348. The van der Waals surface area contributed by atoms with Crippen LogP contribution in [0.25, 0.3) is 0 Å². The first-order chi connectivity index (χ1) is 14.7. The average Bonchev–Trinajstić information content (AvgIpc) is 2.71. The number of ether oxygens (including phenoxy) is 1.